The number of carbonyl (C=O) groups excluding carboxylic acids is 1. The molecule has 1 unspecified atom stereocenters. The van der Waals surface area contributed by atoms with Crippen LogP contribution in [0.3, 0.4) is 0 Å². The standard InChI is InChI=1S/C20H24N6O2S2/c27-18(13-29-20-22-23-24-26(20)14-6-1-2-7-14)25(12-15-8-5-11-28-15)19-21-16-9-3-4-10-17(16)30-19/h3-4,9-10,14-15H,1-2,5-8,11-13H2. The van der Waals surface area contributed by atoms with E-state index in [1.807, 2.05) is 28.9 Å². The van der Waals surface area contributed by atoms with Gasteiger partial charge in [-0.25, -0.2) is 9.67 Å². The van der Waals surface area contributed by atoms with Crippen LogP contribution in [0.25, 0.3) is 10.2 Å². The van der Waals surface area contributed by atoms with Crippen molar-refractivity contribution in [2.45, 2.75) is 55.8 Å². The van der Waals surface area contributed by atoms with Gasteiger partial charge in [-0.2, -0.15) is 0 Å². The minimum atomic E-state index is 0.00975. The fourth-order valence-electron chi connectivity index (χ4n) is 4.12. The third kappa shape index (κ3) is 4.21. The summed E-state index contributed by atoms with van der Waals surface area (Å²) in [7, 11) is 0. The van der Waals surface area contributed by atoms with Crippen molar-refractivity contribution < 1.29 is 9.53 Å². The van der Waals surface area contributed by atoms with Gasteiger partial charge in [-0.05, 0) is 48.2 Å². The topological polar surface area (TPSA) is 86.0 Å². The smallest absolute Gasteiger partial charge is 0.239 e. The number of nitrogens with zero attached hydrogens (tertiary/aromatic N) is 6. The highest BCUT2D eigenvalue weighted by molar-refractivity contribution is 7.99. The van der Waals surface area contributed by atoms with Crippen LogP contribution in [0.4, 0.5) is 5.13 Å². The van der Waals surface area contributed by atoms with Gasteiger partial charge in [-0.1, -0.05) is 48.1 Å². The summed E-state index contributed by atoms with van der Waals surface area (Å²) < 4.78 is 8.78. The molecule has 0 N–H and O–H groups in total. The van der Waals surface area contributed by atoms with Crippen molar-refractivity contribution in [1.29, 1.82) is 0 Å². The quantitative estimate of drug-likeness (QED) is 0.514. The highest BCUT2D eigenvalue weighted by Gasteiger charge is 2.27. The number of hydrogen-bond acceptors (Lipinski definition) is 8. The Labute approximate surface area is 183 Å². The van der Waals surface area contributed by atoms with E-state index < -0.39 is 0 Å². The number of carbonyl (C=O) groups is 1. The van der Waals surface area contributed by atoms with Crippen molar-refractivity contribution in [2.75, 3.05) is 23.8 Å². The third-order valence-corrected chi connectivity index (χ3v) is 7.66. The molecular weight excluding hydrogens is 420 g/mol. The molecule has 1 saturated carbocycles. The Kier molecular flexibility index (Phi) is 5.96. The number of anilines is 1. The molecule has 8 nitrogen and oxygen atoms in total. The maximum absolute atomic E-state index is 13.3. The number of para-hydroxylation sites is 1. The molecule has 3 heterocycles. The van der Waals surface area contributed by atoms with E-state index in [9.17, 15) is 4.79 Å². The average Bonchev–Trinajstić information content (AvgIpc) is 3.55. The molecule has 158 valence electrons. The number of thiazole rings is 1. The largest absolute Gasteiger partial charge is 0.376 e. The maximum Gasteiger partial charge on any atom is 0.239 e. The monoisotopic (exact) mass is 444 g/mol. The van der Waals surface area contributed by atoms with Crippen molar-refractivity contribution in [3.05, 3.63) is 24.3 Å². The summed E-state index contributed by atoms with van der Waals surface area (Å²) in [5.41, 5.74) is 0.917. The van der Waals surface area contributed by atoms with Gasteiger partial charge in [0.15, 0.2) is 5.13 Å². The van der Waals surface area contributed by atoms with Gasteiger partial charge in [0, 0.05) is 6.61 Å². The lowest BCUT2D eigenvalue weighted by atomic mass is 10.2. The van der Waals surface area contributed by atoms with Crippen LogP contribution in [0.5, 0.6) is 0 Å². The molecule has 1 atom stereocenters. The van der Waals surface area contributed by atoms with Crippen LogP contribution in [0.15, 0.2) is 29.4 Å². The molecule has 30 heavy (non-hydrogen) atoms. The van der Waals surface area contributed by atoms with Gasteiger partial charge in [0.25, 0.3) is 0 Å². The van der Waals surface area contributed by atoms with Crippen LogP contribution in [0.1, 0.15) is 44.6 Å². The van der Waals surface area contributed by atoms with Crippen molar-refractivity contribution in [1.82, 2.24) is 25.2 Å². The first kappa shape index (κ1) is 19.9. The summed E-state index contributed by atoms with van der Waals surface area (Å²) in [6.45, 7) is 1.30. The Morgan fingerprint density at radius 2 is 2.10 bits per heavy atom. The van der Waals surface area contributed by atoms with Crippen LogP contribution in [0.2, 0.25) is 0 Å². The second-order valence-electron chi connectivity index (χ2n) is 7.74. The maximum atomic E-state index is 13.3. The Bertz CT molecular complexity index is 977. The number of tetrazole rings is 1. The summed E-state index contributed by atoms with van der Waals surface area (Å²) in [5.74, 6) is 0.283. The molecule has 2 aromatic heterocycles. The van der Waals surface area contributed by atoms with E-state index in [2.05, 4.69) is 15.5 Å². The number of ether oxygens (including phenoxy) is 1. The normalized spacial score (nSPS) is 19.7. The van der Waals surface area contributed by atoms with Gasteiger partial charge >= 0.3 is 0 Å². The number of rotatable bonds is 7. The summed E-state index contributed by atoms with van der Waals surface area (Å²) in [5, 5.41) is 13.6. The Balaban J connectivity index is 1.33. The molecule has 1 saturated heterocycles. The van der Waals surface area contributed by atoms with Crippen molar-refractivity contribution >= 4 is 44.4 Å². The second kappa shape index (κ2) is 8.99. The predicted octanol–water partition coefficient (Wildman–Crippen LogP) is 3.70. The zero-order valence-electron chi connectivity index (χ0n) is 16.6. The molecule has 5 rings (SSSR count). The van der Waals surface area contributed by atoms with Crippen molar-refractivity contribution in [3.63, 3.8) is 0 Å². The average molecular weight is 445 g/mol. The van der Waals surface area contributed by atoms with Gasteiger partial charge in [0.1, 0.15) is 0 Å². The van der Waals surface area contributed by atoms with Gasteiger partial charge in [0.2, 0.25) is 11.1 Å². The summed E-state index contributed by atoms with van der Waals surface area (Å²) >= 11 is 2.96. The number of thioether (sulfide) groups is 1. The molecular formula is C20H24N6O2S2. The highest BCUT2D eigenvalue weighted by Crippen LogP contribution is 2.33. The molecule has 0 spiro atoms. The Morgan fingerprint density at radius 3 is 2.90 bits per heavy atom. The van der Waals surface area contributed by atoms with Crippen molar-refractivity contribution in [3.8, 4) is 0 Å². The van der Waals surface area contributed by atoms with E-state index in [1.165, 1.54) is 24.6 Å². The van der Waals surface area contributed by atoms with Crippen LogP contribution >= 0.6 is 23.1 Å². The van der Waals surface area contributed by atoms with Crippen molar-refractivity contribution in [2.24, 2.45) is 0 Å². The zero-order valence-corrected chi connectivity index (χ0v) is 18.3. The number of aromatic nitrogens is 5. The third-order valence-electron chi connectivity index (χ3n) is 5.68. The van der Waals surface area contributed by atoms with E-state index in [0.29, 0.717) is 12.6 Å². The van der Waals surface area contributed by atoms with E-state index in [1.54, 1.807) is 16.2 Å². The minimum absolute atomic E-state index is 0.00975. The van der Waals surface area contributed by atoms with E-state index in [4.69, 9.17) is 9.72 Å². The van der Waals surface area contributed by atoms with E-state index in [-0.39, 0.29) is 17.8 Å². The number of fused-ring (bicyclic) bond motifs is 1. The summed E-state index contributed by atoms with van der Waals surface area (Å²) in [6, 6.07) is 8.33. The number of benzene rings is 1. The van der Waals surface area contributed by atoms with E-state index in [0.717, 1.165) is 52.8 Å². The summed E-state index contributed by atoms with van der Waals surface area (Å²) in [4.78, 5) is 19.8. The van der Waals surface area contributed by atoms with Crippen LogP contribution in [0, 0.1) is 0 Å². The lowest BCUT2D eigenvalue weighted by Crippen LogP contribution is -2.38. The molecule has 1 aliphatic heterocycles. The molecule has 1 aromatic carbocycles. The second-order valence-corrected chi connectivity index (χ2v) is 9.69. The lowest BCUT2D eigenvalue weighted by molar-refractivity contribution is -0.116. The molecule has 2 aliphatic rings. The van der Waals surface area contributed by atoms with Gasteiger partial charge < -0.3 is 4.74 Å². The van der Waals surface area contributed by atoms with Crippen LogP contribution in [-0.4, -0.2) is 56.1 Å². The fraction of sp³-hybridized carbons (Fsp3) is 0.550. The number of amides is 1. The molecule has 0 bridgehead atoms. The van der Waals surface area contributed by atoms with E-state index >= 15 is 0 Å². The highest BCUT2D eigenvalue weighted by atomic mass is 32.2. The Morgan fingerprint density at radius 1 is 1.23 bits per heavy atom. The van der Waals surface area contributed by atoms with Gasteiger partial charge in [-0.3, -0.25) is 9.69 Å². The SMILES string of the molecule is O=C(CSc1nnnn1C1CCCC1)N(CC1CCCO1)c1nc2ccccc2s1. The Hall–Kier alpha value is -2.04. The zero-order chi connectivity index (χ0) is 20.3. The first-order chi connectivity index (χ1) is 14.8. The minimum Gasteiger partial charge on any atom is -0.376 e. The molecule has 10 heteroatoms. The molecule has 1 aliphatic carbocycles. The van der Waals surface area contributed by atoms with Crippen LogP contribution < -0.4 is 4.90 Å². The van der Waals surface area contributed by atoms with Crippen LogP contribution in [-0.2, 0) is 9.53 Å². The summed E-state index contributed by atoms with van der Waals surface area (Å²) in [6.07, 6.45) is 6.70. The lowest BCUT2D eigenvalue weighted by Gasteiger charge is -2.23. The molecule has 3 aromatic rings. The first-order valence-electron chi connectivity index (χ1n) is 10.5. The predicted molar refractivity (Wildman–Crippen MR) is 117 cm³/mol. The van der Waals surface area contributed by atoms with Gasteiger partial charge in [-0.15, -0.1) is 5.10 Å². The number of hydrogen-bond donors (Lipinski definition) is 0. The molecule has 1 amide bonds. The van der Waals surface area contributed by atoms with Gasteiger partial charge in [0.05, 0.1) is 34.7 Å². The molecule has 2 fully saturated rings. The first-order valence-corrected chi connectivity index (χ1v) is 12.3. The molecule has 0 radical (unpaired) electrons. The fourth-order valence-corrected chi connectivity index (χ4v) is 5.93.